The number of carbonyl (C=O) groups is 1. The molecule has 0 unspecified atom stereocenters. The molecule has 1 fully saturated rings. The molecular formula is C20H33O4P. The van der Waals surface area contributed by atoms with Crippen molar-refractivity contribution in [3.63, 3.8) is 0 Å². The van der Waals surface area contributed by atoms with Crippen LogP contribution < -0.4 is 0 Å². The summed E-state index contributed by atoms with van der Waals surface area (Å²) in [6.07, 6.45) is 9.41. The zero-order chi connectivity index (χ0) is 18.7. The van der Waals surface area contributed by atoms with E-state index in [-0.39, 0.29) is 16.7 Å². The summed E-state index contributed by atoms with van der Waals surface area (Å²) in [4.78, 5) is 12.0. The number of hydrogen-bond donors (Lipinski definition) is 0. The predicted molar refractivity (Wildman–Crippen MR) is 101 cm³/mol. The fourth-order valence-electron chi connectivity index (χ4n) is 4.95. The van der Waals surface area contributed by atoms with Crippen molar-refractivity contribution in [1.82, 2.24) is 0 Å². The fraction of sp³-hybridized carbons (Fsp3) is 0.750. The van der Waals surface area contributed by atoms with E-state index >= 15 is 0 Å². The van der Waals surface area contributed by atoms with Crippen LogP contribution in [0.5, 0.6) is 0 Å². The van der Waals surface area contributed by atoms with Crippen molar-refractivity contribution in [1.29, 1.82) is 0 Å². The molecule has 2 rings (SSSR count). The first kappa shape index (κ1) is 20.6. The van der Waals surface area contributed by atoms with Crippen LogP contribution in [0.15, 0.2) is 23.5 Å². The highest BCUT2D eigenvalue weighted by Gasteiger charge is 2.52. The third-order valence-corrected chi connectivity index (χ3v) is 7.89. The number of rotatable bonds is 7. The van der Waals surface area contributed by atoms with E-state index in [1.807, 2.05) is 0 Å². The number of fused-ring (bicyclic) bond motifs is 1. The number of carbonyl (C=O) groups excluding carboxylic acids is 1. The van der Waals surface area contributed by atoms with Crippen LogP contribution >= 0.6 is 7.60 Å². The summed E-state index contributed by atoms with van der Waals surface area (Å²) in [6, 6.07) is 0. The Morgan fingerprint density at radius 3 is 2.40 bits per heavy atom. The Balaban J connectivity index is 2.33. The van der Waals surface area contributed by atoms with Crippen LogP contribution in [-0.4, -0.2) is 19.5 Å². The molecule has 0 aliphatic heterocycles. The second-order valence-corrected chi connectivity index (χ2v) is 10.0. The molecule has 0 aromatic heterocycles. The summed E-state index contributed by atoms with van der Waals surface area (Å²) >= 11 is 0. The van der Waals surface area contributed by atoms with E-state index in [0.29, 0.717) is 19.1 Å². The molecule has 3 atom stereocenters. The van der Waals surface area contributed by atoms with Crippen molar-refractivity contribution >= 4 is 13.9 Å². The molecule has 0 aromatic carbocycles. The molecule has 2 aliphatic rings. The lowest BCUT2D eigenvalue weighted by Crippen LogP contribution is -2.49. The topological polar surface area (TPSA) is 52.6 Å². The van der Waals surface area contributed by atoms with Gasteiger partial charge in [-0.25, -0.2) is 0 Å². The summed E-state index contributed by atoms with van der Waals surface area (Å²) in [6.45, 7) is 11.1. The van der Waals surface area contributed by atoms with Crippen LogP contribution in [0.25, 0.3) is 0 Å². The van der Waals surface area contributed by atoms with Crippen LogP contribution in [0.1, 0.15) is 60.3 Å². The highest BCUT2D eigenvalue weighted by molar-refractivity contribution is 7.57. The minimum atomic E-state index is -3.24. The van der Waals surface area contributed by atoms with Gasteiger partial charge in [-0.15, -0.1) is 0 Å². The van der Waals surface area contributed by atoms with Gasteiger partial charge in [0, 0.05) is 11.7 Å². The molecule has 0 saturated heterocycles. The Labute approximate surface area is 152 Å². The first-order chi connectivity index (χ1) is 11.7. The Hall–Kier alpha value is -0.700. The smallest absolute Gasteiger partial charge is 0.306 e. The van der Waals surface area contributed by atoms with E-state index < -0.39 is 7.60 Å². The van der Waals surface area contributed by atoms with E-state index in [2.05, 4.69) is 26.8 Å². The molecule has 0 heterocycles. The fourth-order valence-corrected chi connectivity index (χ4v) is 6.28. The van der Waals surface area contributed by atoms with Gasteiger partial charge in [0.1, 0.15) is 6.29 Å². The van der Waals surface area contributed by atoms with Gasteiger partial charge in [-0.1, -0.05) is 39.3 Å². The molecule has 5 heteroatoms. The summed E-state index contributed by atoms with van der Waals surface area (Å²) in [7, 11) is -3.24. The van der Waals surface area contributed by atoms with Gasteiger partial charge in [0.25, 0.3) is 0 Å². The summed E-state index contributed by atoms with van der Waals surface area (Å²) in [5.41, 5.74) is 1.15. The monoisotopic (exact) mass is 368 g/mol. The van der Waals surface area contributed by atoms with Crippen molar-refractivity contribution < 1.29 is 18.4 Å². The quantitative estimate of drug-likeness (QED) is 0.424. The SMILES string of the molecule is CCOP(=O)(/C=C/C1=CC[C@H]2C(C)(C)CCC[C@]2(C)[C@H]1C=O)OCC. The van der Waals surface area contributed by atoms with Gasteiger partial charge in [-0.3, -0.25) is 4.57 Å². The third-order valence-electron chi connectivity index (χ3n) is 6.14. The van der Waals surface area contributed by atoms with Crippen molar-refractivity contribution in [3.05, 3.63) is 23.5 Å². The van der Waals surface area contributed by atoms with E-state index in [1.165, 1.54) is 12.2 Å². The van der Waals surface area contributed by atoms with Gasteiger partial charge < -0.3 is 13.8 Å². The molecule has 0 aromatic rings. The van der Waals surface area contributed by atoms with Crippen molar-refractivity contribution in [2.24, 2.45) is 22.7 Å². The molecule has 0 amide bonds. The van der Waals surface area contributed by atoms with Crippen LogP contribution in [-0.2, 0) is 18.4 Å². The molecule has 0 spiro atoms. The molecular weight excluding hydrogens is 335 g/mol. The maximum absolute atomic E-state index is 12.7. The van der Waals surface area contributed by atoms with Crippen molar-refractivity contribution in [2.75, 3.05) is 13.2 Å². The Bertz CT molecular complexity index is 583. The Morgan fingerprint density at radius 2 is 1.84 bits per heavy atom. The standard InChI is InChI=1S/C20H33O4P/c1-6-23-25(22,24-7-2)14-11-16-9-10-18-19(3,4)12-8-13-20(18,5)17(16)15-21/h9,11,14-15,17-18H,6-8,10,12-13H2,1-5H3/b14-11+/t17-,18-,20+/m0/s1. The van der Waals surface area contributed by atoms with Crippen LogP contribution in [0.2, 0.25) is 0 Å². The number of allylic oxidation sites excluding steroid dienone is 3. The van der Waals surface area contributed by atoms with Crippen molar-refractivity contribution in [2.45, 2.75) is 60.3 Å². The van der Waals surface area contributed by atoms with E-state index in [0.717, 1.165) is 31.1 Å². The molecule has 1 saturated carbocycles. The van der Waals surface area contributed by atoms with Gasteiger partial charge in [0.2, 0.25) is 0 Å². The third kappa shape index (κ3) is 4.18. The minimum absolute atomic E-state index is 0.0425. The van der Waals surface area contributed by atoms with E-state index in [9.17, 15) is 9.36 Å². The van der Waals surface area contributed by atoms with Gasteiger partial charge in [0.05, 0.1) is 13.2 Å². The summed E-state index contributed by atoms with van der Waals surface area (Å²) in [5, 5.41) is 0. The van der Waals surface area contributed by atoms with Gasteiger partial charge >= 0.3 is 7.60 Å². The number of hydrogen-bond acceptors (Lipinski definition) is 4. The number of aldehydes is 1. The average molecular weight is 368 g/mol. The zero-order valence-corrected chi connectivity index (χ0v) is 17.2. The summed E-state index contributed by atoms with van der Waals surface area (Å²) in [5.74, 6) is 1.85. The molecule has 0 bridgehead atoms. The lowest BCUT2D eigenvalue weighted by Gasteiger charge is -2.55. The normalized spacial score (nSPS) is 32.3. The Morgan fingerprint density at radius 1 is 1.20 bits per heavy atom. The maximum Gasteiger partial charge on any atom is 0.354 e. The molecule has 0 N–H and O–H groups in total. The highest BCUT2D eigenvalue weighted by Crippen LogP contribution is 2.59. The maximum atomic E-state index is 12.7. The predicted octanol–water partition coefficient (Wildman–Crippen LogP) is 5.74. The summed E-state index contributed by atoms with van der Waals surface area (Å²) < 4.78 is 23.3. The Kier molecular flexibility index (Phi) is 6.51. The lowest BCUT2D eigenvalue weighted by atomic mass is 9.49. The van der Waals surface area contributed by atoms with E-state index in [4.69, 9.17) is 9.05 Å². The molecule has 2 aliphatic carbocycles. The molecule has 142 valence electrons. The molecule has 0 radical (unpaired) electrons. The first-order valence-electron chi connectivity index (χ1n) is 9.46. The lowest BCUT2D eigenvalue weighted by molar-refractivity contribution is -0.119. The second kappa shape index (κ2) is 7.90. The van der Waals surface area contributed by atoms with Gasteiger partial charge in [0.15, 0.2) is 0 Å². The average Bonchev–Trinajstić information content (AvgIpc) is 2.52. The zero-order valence-electron chi connectivity index (χ0n) is 16.3. The van der Waals surface area contributed by atoms with Crippen LogP contribution in [0.4, 0.5) is 0 Å². The largest absolute Gasteiger partial charge is 0.354 e. The molecule has 4 nitrogen and oxygen atoms in total. The van der Waals surface area contributed by atoms with Gasteiger partial charge in [-0.05, 0) is 55.4 Å². The minimum Gasteiger partial charge on any atom is -0.306 e. The van der Waals surface area contributed by atoms with Crippen LogP contribution in [0.3, 0.4) is 0 Å². The highest BCUT2D eigenvalue weighted by atomic mass is 31.2. The van der Waals surface area contributed by atoms with Gasteiger partial charge in [-0.2, -0.15) is 0 Å². The van der Waals surface area contributed by atoms with Crippen molar-refractivity contribution in [3.8, 4) is 0 Å². The molecule has 25 heavy (non-hydrogen) atoms. The van der Waals surface area contributed by atoms with Crippen LogP contribution in [0, 0.1) is 22.7 Å². The van der Waals surface area contributed by atoms with E-state index in [1.54, 1.807) is 19.9 Å². The second-order valence-electron chi connectivity index (χ2n) is 8.15. The first-order valence-corrected chi connectivity index (χ1v) is 11.1.